The van der Waals surface area contributed by atoms with Crippen LogP contribution in [-0.4, -0.2) is 176 Å². The topological polar surface area (TPSA) is 438 Å². The Hall–Kier alpha value is -8.35. The minimum Gasteiger partial charge on any atom is -0.493 e. The first-order valence-electron chi connectivity index (χ1n) is 33.2. The number of aromatic nitrogens is 6. The van der Waals surface area contributed by atoms with Gasteiger partial charge in [0, 0.05) is 107 Å². The zero-order valence-corrected chi connectivity index (χ0v) is 73.7. The van der Waals surface area contributed by atoms with Crippen LogP contribution in [0.4, 0.5) is 17.1 Å². The Balaban J connectivity index is 0.000000374. The van der Waals surface area contributed by atoms with Gasteiger partial charge in [0.15, 0.2) is 51.6 Å². The van der Waals surface area contributed by atoms with Crippen LogP contribution in [0, 0.1) is 27.7 Å². The number of imidazole rings is 1. The molecule has 0 aliphatic heterocycles. The molecule has 0 saturated heterocycles. The number of hydrogen-bond acceptors (Lipinski definition) is 27. The van der Waals surface area contributed by atoms with E-state index < -0.39 is 72.9 Å². The standard InChI is InChI=1S/C18H20ClN3O5S.C18H21ClN2O6S.C18H23ClN2O4S.C12H19NO4S.C5H2Cl2N2O2.CH3.W/c1-4-27-16-7-11(5-6-15(16)26-2)14(10-28(3,24)25)22-17-13(21-18(22)23)8-12(19)9-20-17;1-4-27-18-8-12(5-6-17(18)26-2)13(11-28(3,24)25)7-15-16(21(22)23)9-14(19)10-20-15;1-4-25-18-8-12(5-6-17(18)24-2)13(11-26(3,22)23)7-16-15(20)9-14(19)10-21-16;1-4-17-12-7-9(5-6-11(12)16-2)10(13)8-18(3,14)15;6-3-1-4(9(10)11)5(7)8-2-3;;/h5-9,14H,4,10H2,1-3H3,(H,21,23);5-6,8-10,13H,4,7,11H2,1-3H3;5-6,8-10,13H,4,7,11,20H2,1-3H3;5-7,10H,4,8,13H2,1-3H3;1-2H;1H3;/q;;;;;-1;/t14-;2*13-;10-;;;/m1111.../s1. The summed E-state index contributed by atoms with van der Waals surface area (Å²) in [7, 11) is -7.00. The average Bonchev–Trinajstić information content (AvgIpc) is 1.63. The monoisotopic (exact) mass is 1920 g/mol. The summed E-state index contributed by atoms with van der Waals surface area (Å²) < 4.78 is 139. The number of aromatic amines is 1. The fourth-order valence-corrected chi connectivity index (χ4v) is 15.5. The molecule has 9 rings (SSSR count). The fourth-order valence-electron chi connectivity index (χ4n) is 10.8. The first-order valence-corrected chi connectivity index (χ1v) is 43.3. The van der Waals surface area contributed by atoms with Crippen molar-refractivity contribution in [3.8, 4) is 46.0 Å². The van der Waals surface area contributed by atoms with Crippen LogP contribution in [0.1, 0.15) is 85.3 Å². The molecule has 0 radical (unpaired) electrons. The van der Waals surface area contributed by atoms with Crippen LogP contribution in [0.2, 0.25) is 25.2 Å². The number of sulfone groups is 4. The van der Waals surface area contributed by atoms with E-state index in [1.54, 1.807) is 87.0 Å². The zero-order chi connectivity index (χ0) is 82.9. The van der Waals surface area contributed by atoms with E-state index in [1.165, 1.54) is 62.2 Å². The molecule has 0 spiro atoms. The molecular weight excluding hydrogens is 1830 g/mol. The van der Waals surface area contributed by atoms with Crippen molar-refractivity contribution >= 4 is 126 Å². The first-order chi connectivity index (χ1) is 52.1. The van der Waals surface area contributed by atoms with Gasteiger partial charge < -0.3 is 61.8 Å². The smallest absolute Gasteiger partial charge is 0.328 e. The number of rotatable bonds is 31. The number of H-pyrrole nitrogens is 1. The van der Waals surface area contributed by atoms with Gasteiger partial charge in [-0.3, -0.25) is 34.8 Å². The summed E-state index contributed by atoms with van der Waals surface area (Å²) in [4.78, 5) is 51.7. The Morgan fingerprint density at radius 2 is 0.814 bits per heavy atom. The number of nitrogen functional groups attached to an aromatic ring is 1. The Kier molecular flexibility index (Phi) is 39.9. The maximum absolute atomic E-state index is 12.7. The Bertz CT molecular complexity index is 5250. The molecule has 0 amide bonds. The maximum Gasteiger partial charge on any atom is 0.328 e. The van der Waals surface area contributed by atoms with Gasteiger partial charge in [-0.1, -0.05) is 82.3 Å². The van der Waals surface area contributed by atoms with Crippen LogP contribution in [-0.2, 0) is 73.3 Å². The van der Waals surface area contributed by atoms with E-state index in [4.69, 9.17) is 107 Å². The third kappa shape index (κ3) is 31.8. The number of benzene rings is 4. The van der Waals surface area contributed by atoms with Crippen molar-refractivity contribution in [2.24, 2.45) is 5.73 Å². The molecule has 0 bridgehead atoms. The number of pyridine rings is 4. The van der Waals surface area contributed by atoms with Crippen LogP contribution in [0.3, 0.4) is 0 Å². The molecule has 41 heteroatoms. The van der Waals surface area contributed by atoms with Gasteiger partial charge in [-0.15, -0.1) is 0 Å². The van der Waals surface area contributed by atoms with E-state index in [9.17, 15) is 58.7 Å². The molecule has 5 N–H and O–H groups in total. The second-order valence-corrected chi connectivity index (χ2v) is 35.1. The van der Waals surface area contributed by atoms with Crippen molar-refractivity contribution < 1.29 is 102 Å². The average molecular weight is 1920 g/mol. The summed E-state index contributed by atoms with van der Waals surface area (Å²) in [5, 5.41) is 22.5. The number of fused-ring (bicyclic) bond motifs is 1. The number of hydrogen-bond donors (Lipinski definition) is 3. The summed E-state index contributed by atoms with van der Waals surface area (Å²) in [5.74, 6) is 2.80. The largest absolute Gasteiger partial charge is 0.493 e. The molecule has 5 aromatic heterocycles. The second kappa shape index (κ2) is 45.7. The fraction of sp³-hybridized carbons (Fsp3) is 0.361. The van der Waals surface area contributed by atoms with E-state index in [1.807, 2.05) is 39.8 Å². The quantitative estimate of drug-likeness (QED) is 0.0157. The van der Waals surface area contributed by atoms with Crippen LogP contribution in [0.5, 0.6) is 46.0 Å². The number of halogens is 5. The summed E-state index contributed by atoms with van der Waals surface area (Å²) in [6.07, 6.45) is 10.5. The van der Waals surface area contributed by atoms with Gasteiger partial charge in [0.2, 0.25) is 5.15 Å². The Morgan fingerprint density at radius 1 is 0.469 bits per heavy atom. The van der Waals surface area contributed by atoms with Crippen LogP contribution < -0.4 is 55.1 Å². The van der Waals surface area contributed by atoms with Crippen LogP contribution in [0.25, 0.3) is 11.2 Å². The molecule has 9 aromatic rings. The number of methoxy groups -OCH3 is 4. The van der Waals surface area contributed by atoms with E-state index in [2.05, 4.69) is 24.9 Å². The summed E-state index contributed by atoms with van der Waals surface area (Å²) in [5.41, 5.74) is 15.6. The molecule has 0 aliphatic carbocycles. The van der Waals surface area contributed by atoms with Gasteiger partial charge in [-0.25, -0.2) is 48.4 Å². The van der Waals surface area contributed by atoms with Gasteiger partial charge in [-0.2, -0.15) is 0 Å². The normalized spacial score (nSPS) is 12.2. The molecule has 0 saturated carbocycles. The predicted octanol–water partition coefficient (Wildman–Crippen LogP) is 12.8. The number of anilines is 1. The molecular formula is C72H88Cl5N10O21S4W-. The van der Waals surface area contributed by atoms with Gasteiger partial charge >= 0.3 is 11.4 Å². The number of nitrogens with zero attached hydrogens (tertiary/aromatic N) is 7. The van der Waals surface area contributed by atoms with Gasteiger partial charge in [0.05, 0.1) is 131 Å². The molecule has 31 nitrogen and oxygen atoms in total. The van der Waals surface area contributed by atoms with Crippen molar-refractivity contribution in [2.75, 3.05) is 109 Å². The van der Waals surface area contributed by atoms with Gasteiger partial charge in [0.25, 0.3) is 5.69 Å². The van der Waals surface area contributed by atoms with Crippen molar-refractivity contribution in [2.45, 2.75) is 64.5 Å². The molecule has 618 valence electrons. The first kappa shape index (κ1) is 98.8. The molecule has 4 aromatic carbocycles. The van der Waals surface area contributed by atoms with Crippen LogP contribution in [0.15, 0.2) is 127 Å². The minimum absolute atomic E-state index is 0. The third-order valence-electron chi connectivity index (χ3n) is 15.4. The zero-order valence-electron chi connectivity index (χ0n) is 63.7. The Labute approximate surface area is 695 Å². The molecule has 0 aliphatic rings. The predicted molar refractivity (Wildman–Crippen MR) is 436 cm³/mol. The van der Waals surface area contributed by atoms with Crippen molar-refractivity contribution in [3.63, 3.8) is 0 Å². The summed E-state index contributed by atoms with van der Waals surface area (Å²) in [6, 6.07) is 24.9. The number of nitrogens with two attached hydrogens (primary N) is 2. The second-order valence-electron chi connectivity index (χ2n) is 24.3. The molecule has 0 unspecified atom stereocenters. The van der Waals surface area contributed by atoms with E-state index in [0.717, 1.165) is 24.1 Å². The van der Waals surface area contributed by atoms with E-state index in [-0.39, 0.29) is 96.1 Å². The number of nitrogens with one attached hydrogen (secondary N) is 1. The summed E-state index contributed by atoms with van der Waals surface area (Å²) in [6.45, 7) is 9.17. The van der Waals surface area contributed by atoms with Crippen molar-refractivity contribution in [1.82, 2.24) is 29.5 Å². The number of nitro groups is 2. The molecule has 0 fully saturated rings. The minimum atomic E-state index is -3.43. The van der Waals surface area contributed by atoms with Crippen molar-refractivity contribution in [1.29, 1.82) is 0 Å². The molecule has 113 heavy (non-hydrogen) atoms. The van der Waals surface area contributed by atoms with Crippen molar-refractivity contribution in [3.05, 3.63) is 219 Å². The SMILES string of the molecule is CCOc1cc([C@@H](CS(C)(=O)=O)n2c(=O)[nH]c3cc(Cl)cnc32)ccc1OC.CCOc1cc([C@H](Cc2ncc(Cl)cc2N)CS(C)(=O)=O)ccc1OC.CCOc1cc([C@H](Cc2ncc(Cl)cc2[N+](=O)[O-])CS(C)(=O)=O)ccc1OC.CCOc1cc([C@H](N)CS(C)(=O)=O)ccc1OC.O=[N+]([O-])c1cc(Cl)cnc1Cl.[CH3-].[W]. The Morgan fingerprint density at radius 3 is 1.20 bits per heavy atom. The third-order valence-corrected chi connectivity index (χ3v) is 20.5. The van der Waals surface area contributed by atoms with E-state index in [0.29, 0.717) is 128 Å². The molecule has 5 heterocycles. The van der Waals surface area contributed by atoms with E-state index >= 15 is 0 Å². The van der Waals surface area contributed by atoms with Crippen LogP contribution >= 0.6 is 58.0 Å². The maximum atomic E-state index is 12.7. The van der Waals surface area contributed by atoms with Gasteiger partial charge in [-0.05, 0) is 117 Å². The summed E-state index contributed by atoms with van der Waals surface area (Å²) >= 11 is 28.5. The number of ether oxygens (including phenoxy) is 8. The van der Waals surface area contributed by atoms with Gasteiger partial charge in [0.1, 0.15) is 45.0 Å². The molecule has 4 atom stereocenters.